The number of terminal acetylenes is 1. The first-order valence-corrected chi connectivity index (χ1v) is 7.23. The Morgan fingerprint density at radius 1 is 1.09 bits per heavy atom. The summed E-state index contributed by atoms with van der Waals surface area (Å²) in [6, 6.07) is 0. The highest BCUT2D eigenvalue weighted by Crippen LogP contribution is 2.31. The Hall–Kier alpha value is -2.02. The second kappa shape index (κ2) is 9.83. The fraction of sp³-hybridized carbons (Fsp3) is 0.556. The van der Waals surface area contributed by atoms with Crippen molar-refractivity contribution in [3.8, 4) is 12.3 Å². The van der Waals surface area contributed by atoms with Crippen LogP contribution in [0.3, 0.4) is 0 Å². The largest absolute Gasteiger partial charge is 0.468 e. The van der Waals surface area contributed by atoms with Crippen molar-refractivity contribution in [1.82, 2.24) is 0 Å². The van der Waals surface area contributed by atoms with E-state index in [0.29, 0.717) is 0 Å². The fourth-order valence-electron chi connectivity index (χ4n) is 2.07. The number of hydrogen-bond donors (Lipinski definition) is 0. The maximum atomic E-state index is 12.1. The zero-order valence-electron chi connectivity index (χ0n) is 14.2. The van der Waals surface area contributed by atoms with Gasteiger partial charge in [0.25, 0.3) is 0 Å². The van der Waals surface area contributed by atoms with Crippen LogP contribution in [0.1, 0.15) is 46.5 Å². The lowest BCUT2D eigenvalue weighted by Gasteiger charge is -2.25. The van der Waals surface area contributed by atoms with Gasteiger partial charge in [0.15, 0.2) is 5.41 Å². The van der Waals surface area contributed by atoms with Gasteiger partial charge in [-0.2, -0.15) is 0 Å². The van der Waals surface area contributed by atoms with Gasteiger partial charge >= 0.3 is 11.9 Å². The van der Waals surface area contributed by atoms with E-state index in [4.69, 9.17) is 15.9 Å². The van der Waals surface area contributed by atoms with Crippen LogP contribution in [0.15, 0.2) is 23.3 Å². The fourth-order valence-corrected chi connectivity index (χ4v) is 2.07. The Morgan fingerprint density at radius 2 is 1.64 bits per heavy atom. The van der Waals surface area contributed by atoms with Crippen LogP contribution in [0.4, 0.5) is 0 Å². The smallest absolute Gasteiger partial charge is 0.324 e. The van der Waals surface area contributed by atoms with Gasteiger partial charge in [-0.15, -0.1) is 12.3 Å². The molecular formula is C18H26O4. The standard InChI is InChI=1S/C18H26O4/c1-7-12-18(16(19)21-5,17(20)22-6)13-11-15(4)10-8-9-14(2)3/h1,9,11H,8,10,12-13H2,2-6H3/b15-11+. The SMILES string of the molecule is C#CCC(C/C=C(\C)CCC=C(C)C)(C(=O)OC)C(=O)OC. The third-order valence-corrected chi connectivity index (χ3v) is 3.45. The summed E-state index contributed by atoms with van der Waals surface area (Å²) in [5.41, 5.74) is 0.890. The summed E-state index contributed by atoms with van der Waals surface area (Å²) >= 11 is 0. The molecule has 0 aliphatic carbocycles. The van der Waals surface area contributed by atoms with Gasteiger partial charge in [-0.3, -0.25) is 9.59 Å². The number of rotatable bonds is 8. The van der Waals surface area contributed by atoms with Crippen LogP contribution in [0.5, 0.6) is 0 Å². The van der Waals surface area contributed by atoms with Crippen molar-refractivity contribution in [3.05, 3.63) is 23.3 Å². The van der Waals surface area contributed by atoms with Crippen molar-refractivity contribution in [2.45, 2.75) is 46.5 Å². The number of esters is 2. The summed E-state index contributed by atoms with van der Waals surface area (Å²) < 4.78 is 9.52. The Kier molecular flexibility index (Phi) is 8.93. The molecule has 0 N–H and O–H groups in total. The van der Waals surface area contributed by atoms with E-state index < -0.39 is 17.4 Å². The zero-order chi connectivity index (χ0) is 17.2. The Labute approximate surface area is 133 Å². The molecule has 4 nitrogen and oxygen atoms in total. The Balaban J connectivity index is 5.21. The van der Waals surface area contributed by atoms with Crippen molar-refractivity contribution >= 4 is 11.9 Å². The molecule has 0 aromatic heterocycles. The predicted octanol–water partition coefficient (Wildman–Crippen LogP) is 3.42. The highest BCUT2D eigenvalue weighted by molar-refractivity contribution is 6.00. The van der Waals surface area contributed by atoms with Gasteiger partial charge in [0, 0.05) is 6.42 Å². The average molecular weight is 306 g/mol. The molecule has 0 unspecified atom stereocenters. The molecule has 0 amide bonds. The van der Waals surface area contributed by atoms with Crippen molar-refractivity contribution in [3.63, 3.8) is 0 Å². The van der Waals surface area contributed by atoms with E-state index in [1.807, 2.05) is 26.8 Å². The molecule has 0 aliphatic rings. The van der Waals surface area contributed by atoms with Gasteiger partial charge in [-0.25, -0.2) is 0 Å². The summed E-state index contributed by atoms with van der Waals surface area (Å²) in [6.45, 7) is 6.06. The highest BCUT2D eigenvalue weighted by Gasteiger charge is 2.47. The number of methoxy groups -OCH3 is 2. The van der Waals surface area contributed by atoms with Gasteiger partial charge in [0.2, 0.25) is 0 Å². The third-order valence-electron chi connectivity index (χ3n) is 3.45. The molecule has 22 heavy (non-hydrogen) atoms. The van der Waals surface area contributed by atoms with Crippen LogP contribution in [0.2, 0.25) is 0 Å². The van der Waals surface area contributed by atoms with Gasteiger partial charge < -0.3 is 9.47 Å². The minimum absolute atomic E-state index is 0.0515. The van der Waals surface area contributed by atoms with E-state index in [0.717, 1.165) is 18.4 Å². The molecule has 0 aromatic rings. The molecule has 0 rings (SSSR count). The van der Waals surface area contributed by atoms with Crippen LogP contribution in [0.25, 0.3) is 0 Å². The lowest BCUT2D eigenvalue weighted by atomic mass is 9.80. The second-order valence-electron chi connectivity index (χ2n) is 5.52. The number of ether oxygens (including phenoxy) is 2. The molecule has 4 heteroatoms. The van der Waals surface area contributed by atoms with Crippen LogP contribution >= 0.6 is 0 Å². The van der Waals surface area contributed by atoms with E-state index in [-0.39, 0.29) is 12.8 Å². The van der Waals surface area contributed by atoms with Crippen LogP contribution in [-0.4, -0.2) is 26.2 Å². The van der Waals surface area contributed by atoms with Crippen LogP contribution in [-0.2, 0) is 19.1 Å². The number of carbonyl (C=O) groups excluding carboxylic acids is 2. The van der Waals surface area contributed by atoms with E-state index in [9.17, 15) is 9.59 Å². The molecule has 0 fully saturated rings. The van der Waals surface area contributed by atoms with Gasteiger partial charge in [-0.05, 0) is 40.0 Å². The molecule has 0 saturated carbocycles. The molecule has 0 aliphatic heterocycles. The Morgan fingerprint density at radius 3 is 2.05 bits per heavy atom. The minimum atomic E-state index is -1.46. The lowest BCUT2D eigenvalue weighted by molar-refractivity contribution is -0.168. The van der Waals surface area contributed by atoms with Gasteiger partial charge in [-0.1, -0.05) is 23.3 Å². The molecule has 0 spiro atoms. The van der Waals surface area contributed by atoms with E-state index in [1.54, 1.807) is 0 Å². The quantitative estimate of drug-likeness (QED) is 0.298. The lowest BCUT2D eigenvalue weighted by Crippen LogP contribution is -2.40. The molecule has 0 aromatic carbocycles. The summed E-state index contributed by atoms with van der Waals surface area (Å²) in [7, 11) is 2.48. The summed E-state index contributed by atoms with van der Waals surface area (Å²) in [4.78, 5) is 24.2. The minimum Gasteiger partial charge on any atom is -0.468 e. The van der Waals surface area contributed by atoms with E-state index >= 15 is 0 Å². The molecular weight excluding hydrogens is 280 g/mol. The van der Waals surface area contributed by atoms with Crippen molar-refractivity contribution < 1.29 is 19.1 Å². The molecule has 0 atom stereocenters. The summed E-state index contributed by atoms with van der Waals surface area (Å²) in [6.07, 6.45) is 11.2. The first kappa shape index (κ1) is 20.0. The second-order valence-corrected chi connectivity index (χ2v) is 5.52. The monoisotopic (exact) mass is 306 g/mol. The number of allylic oxidation sites excluding steroid dienone is 4. The number of carbonyl (C=O) groups is 2. The van der Waals surface area contributed by atoms with Crippen molar-refractivity contribution in [2.24, 2.45) is 5.41 Å². The zero-order valence-corrected chi connectivity index (χ0v) is 14.2. The normalized spacial score (nSPS) is 11.4. The van der Waals surface area contributed by atoms with E-state index in [1.165, 1.54) is 19.8 Å². The molecule has 0 saturated heterocycles. The van der Waals surface area contributed by atoms with Crippen LogP contribution < -0.4 is 0 Å². The van der Waals surface area contributed by atoms with Gasteiger partial charge in [0.05, 0.1) is 14.2 Å². The Bertz CT molecular complexity index is 472. The molecule has 0 radical (unpaired) electrons. The average Bonchev–Trinajstić information content (AvgIpc) is 2.49. The third kappa shape index (κ3) is 5.77. The van der Waals surface area contributed by atoms with E-state index in [2.05, 4.69) is 12.0 Å². The molecule has 122 valence electrons. The van der Waals surface area contributed by atoms with Crippen molar-refractivity contribution in [2.75, 3.05) is 14.2 Å². The number of hydrogen-bond acceptors (Lipinski definition) is 4. The molecule has 0 heterocycles. The summed E-state index contributed by atoms with van der Waals surface area (Å²) in [5, 5.41) is 0. The topological polar surface area (TPSA) is 52.6 Å². The maximum Gasteiger partial charge on any atom is 0.324 e. The van der Waals surface area contributed by atoms with Crippen molar-refractivity contribution in [1.29, 1.82) is 0 Å². The highest BCUT2D eigenvalue weighted by atomic mass is 16.5. The maximum absolute atomic E-state index is 12.1. The summed E-state index contributed by atoms with van der Waals surface area (Å²) in [5.74, 6) is 1.06. The van der Waals surface area contributed by atoms with Crippen LogP contribution in [0, 0.1) is 17.8 Å². The predicted molar refractivity (Wildman–Crippen MR) is 87.0 cm³/mol. The first-order chi connectivity index (χ1) is 10.3. The van der Waals surface area contributed by atoms with Gasteiger partial charge in [0.1, 0.15) is 0 Å². The molecule has 0 bridgehead atoms. The first-order valence-electron chi connectivity index (χ1n) is 7.23.